The number of hydrogen-bond acceptors (Lipinski definition) is 4. The molecule has 0 saturated carbocycles. The lowest BCUT2D eigenvalue weighted by Crippen LogP contribution is -2.37. The zero-order valence-electron chi connectivity index (χ0n) is 9.55. The topological polar surface area (TPSA) is 84.9 Å². The summed E-state index contributed by atoms with van der Waals surface area (Å²) in [6.07, 6.45) is -0.819. The zero-order chi connectivity index (χ0) is 13.5. The summed E-state index contributed by atoms with van der Waals surface area (Å²) in [6, 6.07) is 6.49. The van der Waals surface area contributed by atoms with Crippen molar-refractivity contribution in [3.05, 3.63) is 29.3 Å². The Labute approximate surface area is 108 Å². The molecule has 1 amide bonds. The molecule has 0 heterocycles. The molecule has 0 spiro atoms. The van der Waals surface area contributed by atoms with Gasteiger partial charge in [-0.1, -0.05) is 11.6 Å². The Balaban J connectivity index is 2.39. The molecule has 0 bridgehead atoms. The molecular formula is C11H12ClNO5. The fourth-order valence-corrected chi connectivity index (χ4v) is 1.15. The second-order valence-corrected chi connectivity index (χ2v) is 3.80. The van der Waals surface area contributed by atoms with E-state index in [1.165, 1.54) is 6.92 Å². The maximum absolute atomic E-state index is 11.4. The SMILES string of the molecule is C[C@H](Oc1ccc(Cl)cc1)C(=O)NOCC(=O)O. The molecule has 0 aromatic heterocycles. The number of hydroxylamine groups is 1. The highest BCUT2D eigenvalue weighted by Crippen LogP contribution is 2.16. The molecule has 1 aromatic rings. The molecule has 6 nitrogen and oxygen atoms in total. The van der Waals surface area contributed by atoms with Gasteiger partial charge in [0.15, 0.2) is 12.7 Å². The Bertz CT molecular complexity index is 420. The van der Waals surface area contributed by atoms with Gasteiger partial charge in [0.05, 0.1) is 0 Å². The highest BCUT2D eigenvalue weighted by atomic mass is 35.5. The molecule has 1 aromatic carbocycles. The van der Waals surface area contributed by atoms with Crippen molar-refractivity contribution in [3.63, 3.8) is 0 Å². The second-order valence-electron chi connectivity index (χ2n) is 3.36. The second kappa shape index (κ2) is 6.83. The van der Waals surface area contributed by atoms with Gasteiger partial charge in [-0.3, -0.25) is 9.63 Å². The maximum Gasteiger partial charge on any atom is 0.332 e. The van der Waals surface area contributed by atoms with Crippen LogP contribution in [-0.2, 0) is 14.4 Å². The number of halogens is 1. The number of hydrogen-bond donors (Lipinski definition) is 2. The number of aliphatic carboxylic acids is 1. The van der Waals surface area contributed by atoms with Crippen molar-refractivity contribution in [3.8, 4) is 5.75 Å². The number of ether oxygens (including phenoxy) is 1. The van der Waals surface area contributed by atoms with Gasteiger partial charge in [0.1, 0.15) is 5.75 Å². The normalized spacial score (nSPS) is 11.7. The quantitative estimate of drug-likeness (QED) is 0.762. The van der Waals surface area contributed by atoms with Crippen LogP contribution in [0.5, 0.6) is 5.75 Å². The number of carboxylic acids is 1. The van der Waals surface area contributed by atoms with Gasteiger partial charge >= 0.3 is 5.97 Å². The van der Waals surface area contributed by atoms with Crippen molar-refractivity contribution in [2.24, 2.45) is 0 Å². The van der Waals surface area contributed by atoms with Crippen molar-refractivity contribution in [1.82, 2.24) is 5.48 Å². The Morgan fingerprint density at radius 1 is 1.39 bits per heavy atom. The predicted octanol–water partition coefficient (Wildman–Crippen LogP) is 1.24. The van der Waals surface area contributed by atoms with Crippen molar-refractivity contribution in [2.75, 3.05) is 6.61 Å². The summed E-state index contributed by atoms with van der Waals surface area (Å²) in [5.74, 6) is -1.28. The van der Waals surface area contributed by atoms with E-state index in [9.17, 15) is 9.59 Å². The molecule has 1 rings (SSSR count). The number of nitrogens with one attached hydrogen (secondary N) is 1. The molecule has 18 heavy (non-hydrogen) atoms. The summed E-state index contributed by atoms with van der Waals surface area (Å²) in [5.41, 5.74) is 1.97. The van der Waals surface area contributed by atoms with Gasteiger partial charge in [-0.05, 0) is 31.2 Å². The molecule has 7 heteroatoms. The van der Waals surface area contributed by atoms with E-state index in [0.29, 0.717) is 10.8 Å². The third kappa shape index (κ3) is 5.03. The Morgan fingerprint density at radius 2 is 2.00 bits per heavy atom. The first-order valence-corrected chi connectivity index (χ1v) is 5.42. The van der Waals surface area contributed by atoms with Crippen LogP contribution in [0.1, 0.15) is 6.92 Å². The first-order chi connectivity index (χ1) is 8.49. The third-order valence-electron chi connectivity index (χ3n) is 1.86. The molecule has 98 valence electrons. The fourth-order valence-electron chi connectivity index (χ4n) is 1.02. The van der Waals surface area contributed by atoms with Gasteiger partial charge in [-0.25, -0.2) is 10.3 Å². The van der Waals surface area contributed by atoms with E-state index in [-0.39, 0.29) is 0 Å². The van der Waals surface area contributed by atoms with Crippen LogP contribution in [0.15, 0.2) is 24.3 Å². The smallest absolute Gasteiger partial charge is 0.332 e. The minimum atomic E-state index is -1.18. The highest BCUT2D eigenvalue weighted by molar-refractivity contribution is 6.30. The summed E-state index contributed by atoms with van der Waals surface area (Å²) in [7, 11) is 0. The Hall–Kier alpha value is -1.79. The van der Waals surface area contributed by atoms with E-state index in [1.54, 1.807) is 24.3 Å². The minimum absolute atomic E-state index is 0.472. The first-order valence-electron chi connectivity index (χ1n) is 5.04. The average Bonchev–Trinajstić information content (AvgIpc) is 2.31. The monoisotopic (exact) mass is 273 g/mol. The Kier molecular flexibility index (Phi) is 5.41. The van der Waals surface area contributed by atoms with Gasteiger partial charge in [0.2, 0.25) is 0 Å². The number of benzene rings is 1. The van der Waals surface area contributed by atoms with Gasteiger partial charge < -0.3 is 9.84 Å². The average molecular weight is 274 g/mol. The molecular weight excluding hydrogens is 262 g/mol. The molecule has 2 N–H and O–H groups in total. The van der Waals surface area contributed by atoms with Crippen LogP contribution in [0.25, 0.3) is 0 Å². The molecule has 0 aliphatic rings. The number of amides is 1. The van der Waals surface area contributed by atoms with Crippen LogP contribution < -0.4 is 10.2 Å². The van der Waals surface area contributed by atoms with Crippen LogP contribution in [0.4, 0.5) is 0 Å². The Morgan fingerprint density at radius 3 is 2.56 bits per heavy atom. The van der Waals surface area contributed by atoms with Crippen molar-refractivity contribution in [1.29, 1.82) is 0 Å². The van der Waals surface area contributed by atoms with Gasteiger partial charge in [-0.15, -0.1) is 0 Å². The summed E-state index contributed by atoms with van der Waals surface area (Å²) < 4.78 is 5.29. The summed E-state index contributed by atoms with van der Waals surface area (Å²) in [6.45, 7) is 0.896. The van der Waals surface area contributed by atoms with Crippen LogP contribution in [0.3, 0.4) is 0 Å². The molecule has 0 fully saturated rings. The molecule has 0 aliphatic heterocycles. The maximum atomic E-state index is 11.4. The van der Waals surface area contributed by atoms with E-state index in [2.05, 4.69) is 4.84 Å². The van der Waals surface area contributed by atoms with Crippen molar-refractivity contribution < 1.29 is 24.3 Å². The third-order valence-corrected chi connectivity index (χ3v) is 2.12. The number of carboxylic acid groups (broad SMARTS) is 1. The van der Waals surface area contributed by atoms with E-state index in [4.69, 9.17) is 21.4 Å². The fraction of sp³-hybridized carbons (Fsp3) is 0.273. The minimum Gasteiger partial charge on any atom is -0.481 e. The first kappa shape index (κ1) is 14.3. The number of carbonyl (C=O) groups excluding carboxylic acids is 1. The van der Waals surface area contributed by atoms with E-state index < -0.39 is 24.6 Å². The van der Waals surface area contributed by atoms with Crippen molar-refractivity contribution in [2.45, 2.75) is 13.0 Å². The van der Waals surface area contributed by atoms with E-state index >= 15 is 0 Å². The molecule has 0 aliphatic carbocycles. The number of carbonyl (C=O) groups is 2. The number of rotatable bonds is 6. The molecule has 0 radical (unpaired) electrons. The highest BCUT2D eigenvalue weighted by Gasteiger charge is 2.15. The zero-order valence-corrected chi connectivity index (χ0v) is 10.3. The largest absolute Gasteiger partial charge is 0.481 e. The lowest BCUT2D eigenvalue weighted by atomic mass is 10.3. The van der Waals surface area contributed by atoms with Crippen LogP contribution in [0.2, 0.25) is 5.02 Å². The van der Waals surface area contributed by atoms with E-state index in [1.807, 2.05) is 5.48 Å². The lowest BCUT2D eigenvalue weighted by molar-refractivity contribution is -0.151. The predicted molar refractivity (Wildman–Crippen MR) is 63.3 cm³/mol. The van der Waals surface area contributed by atoms with Gasteiger partial charge in [0, 0.05) is 5.02 Å². The summed E-state index contributed by atoms with van der Waals surface area (Å²) >= 11 is 5.70. The lowest BCUT2D eigenvalue weighted by Gasteiger charge is -2.13. The van der Waals surface area contributed by atoms with Gasteiger partial charge in [0.25, 0.3) is 5.91 Å². The summed E-state index contributed by atoms with van der Waals surface area (Å²) in [4.78, 5) is 26.0. The van der Waals surface area contributed by atoms with Crippen LogP contribution in [-0.4, -0.2) is 29.7 Å². The van der Waals surface area contributed by atoms with E-state index in [0.717, 1.165) is 0 Å². The van der Waals surface area contributed by atoms with Crippen molar-refractivity contribution >= 4 is 23.5 Å². The standard InChI is InChI=1S/C11H12ClNO5/c1-7(11(16)13-17-6-10(14)15)18-9-4-2-8(12)3-5-9/h2-5,7H,6H2,1H3,(H,13,16)(H,14,15)/t7-/m0/s1. The van der Waals surface area contributed by atoms with Crippen LogP contribution >= 0.6 is 11.6 Å². The summed E-state index contributed by atoms with van der Waals surface area (Å²) in [5, 5.41) is 8.87. The van der Waals surface area contributed by atoms with Crippen LogP contribution in [0, 0.1) is 0 Å². The molecule has 1 atom stereocenters. The molecule has 0 unspecified atom stereocenters. The van der Waals surface area contributed by atoms with Gasteiger partial charge in [-0.2, -0.15) is 0 Å². The molecule has 0 saturated heterocycles.